The minimum Gasteiger partial charge on any atom is -0.349 e. The topological polar surface area (TPSA) is 88.8 Å². The van der Waals surface area contributed by atoms with E-state index < -0.39 is 0 Å². The molecule has 0 spiro atoms. The number of nitrogens with one attached hydrogen (secondary N) is 1. The number of likely N-dealkylation sites (tertiary alicyclic amines) is 1. The van der Waals surface area contributed by atoms with E-state index >= 15 is 0 Å². The third-order valence-electron chi connectivity index (χ3n) is 6.97. The van der Waals surface area contributed by atoms with E-state index in [4.69, 9.17) is 10.1 Å². The first-order chi connectivity index (χ1) is 17.2. The number of piperidine rings is 1. The molecule has 8 heteroatoms. The molecule has 1 aliphatic heterocycles. The molecule has 1 N–H and O–H groups in total. The molecule has 4 aromatic rings. The Morgan fingerprint density at radius 2 is 1.80 bits per heavy atom. The second-order valence-electron chi connectivity index (χ2n) is 9.60. The van der Waals surface area contributed by atoms with Gasteiger partial charge < -0.3 is 5.32 Å². The number of rotatable bonds is 6. The van der Waals surface area contributed by atoms with E-state index in [0.717, 1.165) is 67.8 Å². The number of carbonyl (C=O) groups excluding carboxylic acids is 1. The van der Waals surface area contributed by atoms with Gasteiger partial charge in [0, 0.05) is 49.7 Å². The molecule has 2 aliphatic rings. The zero-order valence-electron chi connectivity index (χ0n) is 19.9. The number of hydrogen-bond acceptors (Lipinski definition) is 6. The molecule has 2 fully saturated rings. The average Bonchev–Trinajstić information content (AvgIpc) is 3.69. The summed E-state index contributed by atoms with van der Waals surface area (Å²) in [5.74, 6) is 1.09. The Hall–Kier alpha value is -3.65. The molecular formula is C27H29N7O. The number of carbonyl (C=O) groups is 1. The van der Waals surface area contributed by atoms with Crippen LogP contribution in [0.4, 0.5) is 0 Å². The van der Waals surface area contributed by atoms with Crippen LogP contribution in [0.1, 0.15) is 59.0 Å². The van der Waals surface area contributed by atoms with Gasteiger partial charge in [0.2, 0.25) is 0 Å². The first kappa shape index (κ1) is 21.9. The van der Waals surface area contributed by atoms with Crippen molar-refractivity contribution in [1.29, 1.82) is 0 Å². The lowest BCUT2D eigenvalue weighted by Crippen LogP contribution is -2.44. The lowest BCUT2D eigenvalue weighted by Gasteiger charge is -2.32. The monoisotopic (exact) mass is 467 g/mol. The van der Waals surface area contributed by atoms with Crippen molar-refractivity contribution in [2.75, 3.05) is 13.1 Å². The van der Waals surface area contributed by atoms with Crippen molar-refractivity contribution < 1.29 is 4.79 Å². The van der Waals surface area contributed by atoms with E-state index in [9.17, 15) is 4.79 Å². The van der Waals surface area contributed by atoms with Gasteiger partial charge in [0.25, 0.3) is 5.91 Å². The SMILES string of the molecule is Cc1nn(-c2ccccn2)c2nc(C3CC3)cc(C(=O)NC3CCN(Cc4ccccn4)CC3)c12. The lowest BCUT2D eigenvalue weighted by molar-refractivity contribution is 0.0910. The lowest BCUT2D eigenvalue weighted by atomic mass is 10.0. The van der Waals surface area contributed by atoms with Gasteiger partial charge in [-0.2, -0.15) is 9.78 Å². The van der Waals surface area contributed by atoms with Gasteiger partial charge in [-0.05, 0) is 62.9 Å². The van der Waals surface area contributed by atoms with Crippen LogP contribution in [-0.4, -0.2) is 54.7 Å². The highest BCUT2D eigenvalue weighted by Gasteiger charge is 2.30. The Labute approximate surface area is 204 Å². The van der Waals surface area contributed by atoms with E-state index in [1.165, 1.54) is 0 Å². The second kappa shape index (κ2) is 9.19. The third-order valence-corrected chi connectivity index (χ3v) is 6.97. The maximum Gasteiger partial charge on any atom is 0.252 e. The highest BCUT2D eigenvalue weighted by molar-refractivity contribution is 6.07. The van der Waals surface area contributed by atoms with E-state index in [1.54, 1.807) is 10.9 Å². The number of nitrogens with zero attached hydrogens (tertiary/aromatic N) is 6. The molecule has 178 valence electrons. The predicted molar refractivity (Wildman–Crippen MR) is 133 cm³/mol. The highest BCUT2D eigenvalue weighted by Crippen LogP contribution is 2.40. The summed E-state index contributed by atoms with van der Waals surface area (Å²) >= 11 is 0. The summed E-state index contributed by atoms with van der Waals surface area (Å²) in [5.41, 5.74) is 4.23. The first-order valence-electron chi connectivity index (χ1n) is 12.4. The summed E-state index contributed by atoms with van der Waals surface area (Å²) < 4.78 is 1.77. The molecule has 1 aliphatic carbocycles. The second-order valence-corrected chi connectivity index (χ2v) is 9.60. The Morgan fingerprint density at radius 3 is 2.49 bits per heavy atom. The summed E-state index contributed by atoms with van der Waals surface area (Å²) in [5, 5.41) is 8.84. The molecule has 0 bridgehead atoms. The van der Waals surface area contributed by atoms with Crippen LogP contribution < -0.4 is 5.32 Å². The molecule has 1 saturated carbocycles. The maximum absolute atomic E-state index is 13.6. The molecular weight excluding hydrogens is 438 g/mol. The third kappa shape index (κ3) is 4.53. The highest BCUT2D eigenvalue weighted by atomic mass is 16.1. The Balaban J connectivity index is 1.23. The van der Waals surface area contributed by atoms with Crippen LogP contribution in [0.3, 0.4) is 0 Å². The van der Waals surface area contributed by atoms with Crippen molar-refractivity contribution in [1.82, 2.24) is 34.9 Å². The van der Waals surface area contributed by atoms with Crippen LogP contribution in [0.15, 0.2) is 54.9 Å². The van der Waals surface area contributed by atoms with Crippen molar-refractivity contribution in [2.24, 2.45) is 0 Å². The van der Waals surface area contributed by atoms with Gasteiger partial charge in [0.15, 0.2) is 11.5 Å². The Morgan fingerprint density at radius 1 is 1.03 bits per heavy atom. The fourth-order valence-corrected chi connectivity index (χ4v) is 4.93. The number of hydrogen-bond donors (Lipinski definition) is 1. The molecule has 35 heavy (non-hydrogen) atoms. The smallest absolute Gasteiger partial charge is 0.252 e. The standard InChI is InChI=1S/C27H29N7O/c1-18-25-22(27(35)30-20-10-14-33(15-11-20)17-21-6-2-4-12-28-21)16-23(19-8-9-19)31-26(25)34(32-18)24-7-3-5-13-29-24/h2-7,12-13,16,19-20H,8-11,14-15,17H2,1H3,(H,30,35). The van der Waals surface area contributed by atoms with Gasteiger partial charge in [-0.3, -0.25) is 14.7 Å². The normalized spacial score (nSPS) is 17.1. The minimum atomic E-state index is -0.0360. The van der Waals surface area contributed by atoms with Crippen molar-refractivity contribution in [2.45, 2.75) is 51.1 Å². The van der Waals surface area contributed by atoms with Crippen molar-refractivity contribution >= 4 is 16.9 Å². The van der Waals surface area contributed by atoms with Crippen molar-refractivity contribution in [3.8, 4) is 5.82 Å². The zero-order valence-corrected chi connectivity index (χ0v) is 19.9. The van der Waals surface area contributed by atoms with Crippen LogP contribution in [-0.2, 0) is 6.54 Å². The molecule has 5 heterocycles. The molecule has 0 aromatic carbocycles. The molecule has 0 radical (unpaired) electrons. The molecule has 1 saturated heterocycles. The minimum absolute atomic E-state index is 0.0360. The fraction of sp³-hybridized carbons (Fsp3) is 0.370. The summed E-state index contributed by atoms with van der Waals surface area (Å²) in [6, 6.07) is 13.9. The average molecular weight is 468 g/mol. The van der Waals surface area contributed by atoms with Gasteiger partial charge >= 0.3 is 0 Å². The number of aromatic nitrogens is 5. The van der Waals surface area contributed by atoms with E-state index in [2.05, 4.69) is 26.3 Å². The van der Waals surface area contributed by atoms with E-state index in [1.807, 2.05) is 49.5 Å². The summed E-state index contributed by atoms with van der Waals surface area (Å²) in [4.78, 5) is 29.8. The molecule has 4 aromatic heterocycles. The van der Waals surface area contributed by atoms with Gasteiger partial charge in [-0.1, -0.05) is 12.1 Å². The molecule has 1 amide bonds. The van der Waals surface area contributed by atoms with Gasteiger partial charge in [-0.25, -0.2) is 9.97 Å². The van der Waals surface area contributed by atoms with E-state index in [-0.39, 0.29) is 11.9 Å². The Kier molecular flexibility index (Phi) is 5.74. The Bertz CT molecular complexity index is 1340. The van der Waals surface area contributed by atoms with Gasteiger partial charge in [0.1, 0.15) is 0 Å². The number of aryl methyl sites for hydroxylation is 1. The molecule has 6 rings (SSSR count). The number of amides is 1. The van der Waals surface area contributed by atoms with Crippen LogP contribution in [0, 0.1) is 6.92 Å². The van der Waals surface area contributed by atoms with Crippen molar-refractivity contribution in [3.05, 3.63) is 77.5 Å². The van der Waals surface area contributed by atoms with Crippen LogP contribution in [0.2, 0.25) is 0 Å². The summed E-state index contributed by atoms with van der Waals surface area (Å²) in [6.07, 6.45) is 7.67. The maximum atomic E-state index is 13.6. The largest absolute Gasteiger partial charge is 0.349 e. The fourth-order valence-electron chi connectivity index (χ4n) is 4.93. The molecule has 0 atom stereocenters. The van der Waals surface area contributed by atoms with Crippen molar-refractivity contribution in [3.63, 3.8) is 0 Å². The molecule has 0 unspecified atom stereocenters. The quantitative estimate of drug-likeness (QED) is 0.464. The van der Waals surface area contributed by atoms with Crippen LogP contribution in [0.5, 0.6) is 0 Å². The van der Waals surface area contributed by atoms with E-state index in [0.29, 0.717) is 22.9 Å². The summed E-state index contributed by atoms with van der Waals surface area (Å²) in [6.45, 7) is 4.67. The predicted octanol–water partition coefficient (Wildman–Crippen LogP) is 3.79. The first-order valence-corrected chi connectivity index (χ1v) is 12.4. The molecule has 8 nitrogen and oxygen atoms in total. The van der Waals surface area contributed by atoms with Crippen LogP contribution in [0.25, 0.3) is 16.9 Å². The van der Waals surface area contributed by atoms with Gasteiger partial charge in [-0.15, -0.1) is 0 Å². The number of fused-ring (bicyclic) bond motifs is 1. The van der Waals surface area contributed by atoms with Crippen LogP contribution >= 0.6 is 0 Å². The summed E-state index contributed by atoms with van der Waals surface area (Å²) in [7, 11) is 0. The number of pyridine rings is 3. The van der Waals surface area contributed by atoms with Gasteiger partial charge in [0.05, 0.1) is 22.3 Å². The zero-order chi connectivity index (χ0) is 23.8.